The molecular weight excluding hydrogens is 206 g/mol. The Morgan fingerprint density at radius 3 is 3.06 bits per heavy atom. The SMILES string of the molecule is OCc1ccc(OCCC2CCCO2)cn1. The van der Waals surface area contributed by atoms with Gasteiger partial charge in [-0.25, -0.2) is 0 Å². The molecule has 1 aromatic heterocycles. The van der Waals surface area contributed by atoms with E-state index in [9.17, 15) is 0 Å². The minimum Gasteiger partial charge on any atom is -0.492 e. The van der Waals surface area contributed by atoms with Crippen molar-refractivity contribution in [3.63, 3.8) is 0 Å². The van der Waals surface area contributed by atoms with Crippen molar-refractivity contribution in [1.82, 2.24) is 4.98 Å². The number of aliphatic hydroxyl groups is 1. The van der Waals surface area contributed by atoms with Crippen LogP contribution in [0.2, 0.25) is 0 Å². The molecule has 0 radical (unpaired) electrons. The highest BCUT2D eigenvalue weighted by Gasteiger charge is 2.14. The molecule has 4 nitrogen and oxygen atoms in total. The summed E-state index contributed by atoms with van der Waals surface area (Å²) in [6, 6.07) is 3.59. The summed E-state index contributed by atoms with van der Waals surface area (Å²) in [4.78, 5) is 4.04. The molecule has 1 unspecified atom stereocenters. The van der Waals surface area contributed by atoms with E-state index in [1.54, 1.807) is 12.3 Å². The van der Waals surface area contributed by atoms with Gasteiger partial charge in [-0.15, -0.1) is 0 Å². The number of aromatic nitrogens is 1. The fraction of sp³-hybridized carbons (Fsp3) is 0.583. The van der Waals surface area contributed by atoms with Crippen LogP contribution in [0, 0.1) is 0 Å². The van der Waals surface area contributed by atoms with Crippen LogP contribution in [-0.4, -0.2) is 29.4 Å². The highest BCUT2D eigenvalue weighted by atomic mass is 16.5. The van der Waals surface area contributed by atoms with Crippen molar-refractivity contribution >= 4 is 0 Å². The molecule has 1 atom stereocenters. The normalized spacial score (nSPS) is 19.9. The maximum absolute atomic E-state index is 8.83. The number of ether oxygens (including phenoxy) is 2. The van der Waals surface area contributed by atoms with E-state index < -0.39 is 0 Å². The highest BCUT2D eigenvalue weighted by molar-refractivity contribution is 5.19. The van der Waals surface area contributed by atoms with Gasteiger partial charge in [-0.1, -0.05) is 0 Å². The zero-order valence-corrected chi connectivity index (χ0v) is 9.26. The molecule has 0 saturated carbocycles. The fourth-order valence-corrected chi connectivity index (χ4v) is 1.77. The van der Waals surface area contributed by atoms with Crippen molar-refractivity contribution in [2.75, 3.05) is 13.2 Å². The Bertz CT molecular complexity index is 307. The topological polar surface area (TPSA) is 51.6 Å². The third-order valence-corrected chi connectivity index (χ3v) is 2.69. The van der Waals surface area contributed by atoms with E-state index in [0.29, 0.717) is 18.4 Å². The lowest BCUT2D eigenvalue weighted by Gasteiger charge is -2.10. The number of aliphatic hydroxyl groups excluding tert-OH is 1. The Labute approximate surface area is 95.2 Å². The van der Waals surface area contributed by atoms with Gasteiger partial charge in [0.2, 0.25) is 0 Å². The number of nitrogens with zero attached hydrogens (tertiary/aromatic N) is 1. The van der Waals surface area contributed by atoms with E-state index in [1.807, 2.05) is 6.07 Å². The Morgan fingerprint density at radius 1 is 1.50 bits per heavy atom. The van der Waals surface area contributed by atoms with Gasteiger partial charge in [0.25, 0.3) is 0 Å². The summed E-state index contributed by atoms with van der Waals surface area (Å²) in [5.41, 5.74) is 0.659. The molecule has 0 bridgehead atoms. The van der Waals surface area contributed by atoms with Crippen LogP contribution < -0.4 is 4.74 Å². The molecule has 1 saturated heterocycles. The summed E-state index contributed by atoms with van der Waals surface area (Å²) in [7, 11) is 0. The molecule has 1 fully saturated rings. The van der Waals surface area contributed by atoms with Crippen molar-refractivity contribution in [3.8, 4) is 5.75 Å². The van der Waals surface area contributed by atoms with Gasteiger partial charge in [-0.05, 0) is 25.0 Å². The quantitative estimate of drug-likeness (QED) is 0.822. The summed E-state index contributed by atoms with van der Waals surface area (Å²) in [5.74, 6) is 0.746. The van der Waals surface area contributed by atoms with Gasteiger partial charge in [0.15, 0.2) is 0 Å². The lowest BCUT2D eigenvalue weighted by molar-refractivity contribution is 0.0903. The zero-order chi connectivity index (χ0) is 11.2. The second kappa shape index (κ2) is 5.82. The maximum atomic E-state index is 8.83. The number of pyridine rings is 1. The summed E-state index contributed by atoms with van der Waals surface area (Å²) in [6.45, 7) is 1.51. The molecule has 1 N–H and O–H groups in total. The van der Waals surface area contributed by atoms with Crippen LogP contribution in [-0.2, 0) is 11.3 Å². The average Bonchev–Trinajstić information content (AvgIpc) is 2.83. The van der Waals surface area contributed by atoms with E-state index in [4.69, 9.17) is 14.6 Å². The van der Waals surface area contributed by atoms with Gasteiger partial charge in [-0.3, -0.25) is 4.98 Å². The molecule has 1 aromatic rings. The van der Waals surface area contributed by atoms with Crippen molar-refractivity contribution in [1.29, 1.82) is 0 Å². The second-order valence-electron chi connectivity index (χ2n) is 3.92. The molecule has 2 heterocycles. The molecule has 88 valence electrons. The minimum atomic E-state index is -0.0316. The molecule has 0 aromatic carbocycles. The third kappa shape index (κ3) is 3.18. The van der Waals surface area contributed by atoms with Crippen LogP contribution in [0.25, 0.3) is 0 Å². The average molecular weight is 223 g/mol. The first kappa shape index (κ1) is 11.4. The molecule has 0 amide bonds. The van der Waals surface area contributed by atoms with E-state index in [-0.39, 0.29) is 6.61 Å². The van der Waals surface area contributed by atoms with E-state index in [2.05, 4.69) is 4.98 Å². The number of hydrogen-bond donors (Lipinski definition) is 1. The molecule has 1 aliphatic heterocycles. The first-order valence-corrected chi connectivity index (χ1v) is 5.68. The lowest BCUT2D eigenvalue weighted by Crippen LogP contribution is -2.10. The first-order valence-electron chi connectivity index (χ1n) is 5.68. The Morgan fingerprint density at radius 2 is 2.44 bits per heavy atom. The smallest absolute Gasteiger partial charge is 0.137 e. The summed E-state index contributed by atoms with van der Waals surface area (Å²) >= 11 is 0. The van der Waals surface area contributed by atoms with E-state index in [0.717, 1.165) is 31.6 Å². The molecular formula is C12H17NO3. The molecule has 1 aliphatic rings. The third-order valence-electron chi connectivity index (χ3n) is 2.69. The monoisotopic (exact) mass is 223 g/mol. The van der Waals surface area contributed by atoms with Gasteiger partial charge in [0.1, 0.15) is 5.75 Å². The van der Waals surface area contributed by atoms with Gasteiger partial charge in [0.05, 0.1) is 31.2 Å². The van der Waals surface area contributed by atoms with Crippen LogP contribution in [0.3, 0.4) is 0 Å². The van der Waals surface area contributed by atoms with Crippen LogP contribution in [0.4, 0.5) is 0 Å². The second-order valence-corrected chi connectivity index (χ2v) is 3.92. The van der Waals surface area contributed by atoms with Crippen molar-refractivity contribution in [2.45, 2.75) is 32.0 Å². The standard InChI is InChI=1S/C12H17NO3/c14-9-10-3-4-12(8-13-10)16-7-5-11-2-1-6-15-11/h3-4,8,11,14H,1-2,5-7,9H2. The molecule has 4 heteroatoms. The lowest BCUT2D eigenvalue weighted by atomic mass is 10.2. The van der Waals surface area contributed by atoms with Crippen LogP contribution in [0.5, 0.6) is 5.75 Å². The zero-order valence-electron chi connectivity index (χ0n) is 9.26. The number of hydrogen-bond acceptors (Lipinski definition) is 4. The van der Waals surface area contributed by atoms with Crippen LogP contribution in [0.15, 0.2) is 18.3 Å². The molecule has 2 rings (SSSR count). The van der Waals surface area contributed by atoms with Crippen molar-refractivity contribution in [3.05, 3.63) is 24.0 Å². The van der Waals surface area contributed by atoms with Gasteiger partial charge in [-0.2, -0.15) is 0 Å². The Hall–Kier alpha value is -1.13. The van der Waals surface area contributed by atoms with E-state index in [1.165, 1.54) is 0 Å². The molecule has 0 aliphatic carbocycles. The van der Waals surface area contributed by atoms with Crippen LogP contribution >= 0.6 is 0 Å². The Kier molecular flexibility index (Phi) is 4.13. The first-order chi connectivity index (χ1) is 7.88. The largest absolute Gasteiger partial charge is 0.492 e. The number of rotatable bonds is 5. The van der Waals surface area contributed by atoms with Crippen molar-refractivity contribution in [2.24, 2.45) is 0 Å². The molecule has 16 heavy (non-hydrogen) atoms. The summed E-state index contributed by atoms with van der Waals surface area (Å²) in [6.07, 6.45) is 5.25. The van der Waals surface area contributed by atoms with Gasteiger partial charge < -0.3 is 14.6 Å². The van der Waals surface area contributed by atoms with Crippen LogP contribution in [0.1, 0.15) is 25.0 Å². The maximum Gasteiger partial charge on any atom is 0.137 e. The van der Waals surface area contributed by atoms with Gasteiger partial charge in [0, 0.05) is 13.0 Å². The highest BCUT2D eigenvalue weighted by Crippen LogP contribution is 2.16. The minimum absolute atomic E-state index is 0.0316. The predicted molar refractivity (Wildman–Crippen MR) is 59.2 cm³/mol. The Balaban J connectivity index is 1.71. The molecule has 0 spiro atoms. The summed E-state index contributed by atoms with van der Waals surface area (Å²) < 4.78 is 11.0. The van der Waals surface area contributed by atoms with Crippen molar-refractivity contribution < 1.29 is 14.6 Å². The van der Waals surface area contributed by atoms with E-state index >= 15 is 0 Å². The fourth-order valence-electron chi connectivity index (χ4n) is 1.77. The van der Waals surface area contributed by atoms with Gasteiger partial charge >= 0.3 is 0 Å². The summed E-state index contributed by atoms with van der Waals surface area (Å²) in [5, 5.41) is 8.83. The predicted octanol–water partition coefficient (Wildman–Crippen LogP) is 1.52.